The smallest absolute Gasteiger partial charge is 0.202 e. The second-order valence-electron chi connectivity index (χ2n) is 6.33. The predicted octanol–water partition coefficient (Wildman–Crippen LogP) is 3.00. The van der Waals surface area contributed by atoms with Gasteiger partial charge >= 0.3 is 0 Å². The predicted molar refractivity (Wildman–Crippen MR) is 92.0 cm³/mol. The number of hydrogen-bond acceptors (Lipinski definition) is 0. The molecule has 0 N–H and O–H groups in total. The zero-order valence-corrected chi connectivity index (χ0v) is 14.3. The van der Waals surface area contributed by atoms with Crippen LogP contribution < -0.4 is 9.13 Å². The summed E-state index contributed by atoms with van der Waals surface area (Å²) in [4.78, 5) is 0. The molecule has 0 aliphatic heterocycles. The third-order valence-electron chi connectivity index (χ3n) is 4.82. The first kappa shape index (κ1) is 15.4. The molecular formula is C21H24N2+2. The lowest BCUT2D eigenvalue weighted by Gasteiger charge is -2.26. The molecule has 1 aromatic carbocycles. The quantitative estimate of drug-likeness (QED) is 0.657. The van der Waals surface area contributed by atoms with Gasteiger partial charge in [-0.2, -0.15) is 0 Å². The van der Waals surface area contributed by atoms with E-state index in [0.29, 0.717) is 0 Å². The van der Waals surface area contributed by atoms with Crippen LogP contribution in [0.25, 0.3) is 0 Å². The van der Waals surface area contributed by atoms with Crippen molar-refractivity contribution in [3.8, 4) is 0 Å². The fourth-order valence-electron chi connectivity index (χ4n) is 3.63. The molecule has 0 fully saturated rings. The molecule has 23 heavy (non-hydrogen) atoms. The molecule has 0 saturated carbocycles. The van der Waals surface area contributed by atoms with Crippen LogP contribution in [0.15, 0.2) is 73.1 Å². The first-order valence-corrected chi connectivity index (χ1v) is 8.01. The van der Waals surface area contributed by atoms with Gasteiger partial charge in [-0.05, 0) is 25.0 Å². The summed E-state index contributed by atoms with van der Waals surface area (Å²) in [5.41, 5.74) is 4.97. The van der Waals surface area contributed by atoms with Crippen molar-refractivity contribution >= 4 is 0 Å². The number of nitrogens with zero attached hydrogens (tertiary/aromatic N) is 2. The highest BCUT2D eigenvalue weighted by Crippen LogP contribution is 2.36. The zero-order chi connectivity index (χ0) is 16.4. The molecular weight excluding hydrogens is 280 g/mol. The Morgan fingerprint density at radius 3 is 1.65 bits per heavy atom. The Balaban J connectivity index is 2.38. The maximum absolute atomic E-state index is 2.32. The summed E-state index contributed by atoms with van der Waals surface area (Å²) in [6.45, 7) is 4.51. The second kappa shape index (κ2) is 5.96. The summed E-state index contributed by atoms with van der Waals surface area (Å²) in [5, 5.41) is 0. The van der Waals surface area contributed by atoms with Crippen molar-refractivity contribution in [2.24, 2.45) is 14.1 Å². The number of hydrogen-bond donors (Lipinski definition) is 0. The molecule has 0 aliphatic carbocycles. The molecule has 2 heteroatoms. The molecule has 3 aromatic rings. The zero-order valence-electron chi connectivity index (χ0n) is 14.3. The molecule has 2 aromatic heterocycles. The van der Waals surface area contributed by atoms with Gasteiger partial charge < -0.3 is 0 Å². The minimum atomic E-state index is -0.225. The van der Waals surface area contributed by atoms with Gasteiger partial charge in [0, 0.05) is 24.3 Å². The highest BCUT2D eigenvalue weighted by molar-refractivity contribution is 5.45. The average molecular weight is 304 g/mol. The van der Waals surface area contributed by atoms with Crippen LogP contribution in [-0.4, -0.2) is 0 Å². The van der Waals surface area contributed by atoms with Crippen molar-refractivity contribution in [3.05, 3.63) is 95.6 Å². The van der Waals surface area contributed by atoms with Gasteiger partial charge in [0.15, 0.2) is 17.8 Å². The average Bonchev–Trinajstić information content (AvgIpc) is 2.55. The Labute approximate surface area is 138 Å². The summed E-state index contributed by atoms with van der Waals surface area (Å²) in [6, 6.07) is 21.5. The maximum Gasteiger partial charge on any atom is 0.202 e. The summed E-state index contributed by atoms with van der Waals surface area (Å²) < 4.78 is 4.44. The molecule has 0 amide bonds. The van der Waals surface area contributed by atoms with E-state index in [-0.39, 0.29) is 5.41 Å². The van der Waals surface area contributed by atoms with Gasteiger partial charge in [0.1, 0.15) is 14.1 Å². The van der Waals surface area contributed by atoms with Crippen LogP contribution in [0, 0.1) is 6.92 Å². The molecule has 0 saturated heterocycles. The lowest BCUT2D eigenvalue weighted by atomic mass is 9.74. The Morgan fingerprint density at radius 1 is 0.696 bits per heavy atom. The fraction of sp³-hybridized carbons (Fsp3) is 0.238. The van der Waals surface area contributed by atoms with Crippen LogP contribution in [-0.2, 0) is 19.5 Å². The number of benzene rings is 1. The number of aryl methyl sites for hydroxylation is 3. The SMILES string of the molecule is Cc1ccccc1C(C)(c1cccc[n+]1C)c1cccc[n+]1C. The van der Waals surface area contributed by atoms with E-state index in [1.807, 2.05) is 0 Å². The fourth-order valence-corrected chi connectivity index (χ4v) is 3.63. The maximum atomic E-state index is 2.32. The minimum Gasteiger partial charge on any atom is -0.204 e. The first-order chi connectivity index (χ1) is 11.0. The highest BCUT2D eigenvalue weighted by atomic mass is 15.0. The number of aromatic nitrogens is 2. The van der Waals surface area contributed by atoms with Crippen molar-refractivity contribution in [1.82, 2.24) is 0 Å². The third kappa shape index (κ3) is 2.55. The van der Waals surface area contributed by atoms with Crippen LogP contribution in [0.2, 0.25) is 0 Å². The van der Waals surface area contributed by atoms with Gasteiger partial charge in [-0.15, -0.1) is 0 Å². The second-order valence-corrected chi connectivity index (χ2v) is 6.33. The van der Waals surface area contributed by atoms with E-state index < -0.39 is 0 Å². The molecule has 0 spiro atoms. The minimum absolute atomic E-state index is 0.225. The van der Waals surface area contributed by atoms with E-state index in [2.05, 4.69) is 110 Å². The monoisotopic (exact) mass is 304 g/mol. The van der Waals surface area contributed by atoms with Gasteiger partial charge in [-0.3, -0.25) is 0 Å². The Bertz CT molecular complexity index is 726. The van der Waals surface area contributed by atoms with E-state index >= 15 is 0 Å². The van der Waals surface area contributed by atoms with Crippen molar-refractivity contribution in [2.75, 3.05) is 0 Å². The van der Waals surface area contributed by atoms with Crippen molar-refractivity contribution in [2.45, 2.75) is 19.3 Å². The van der Waals surface area contributed by atoms with Crippen molar-refractivity contribution < 1.29 is 9.13 Å². The van der Waals surface area contributed by atoms with Gasteiger partial charge in [-0.25, -0.2) is 9.13 Å². The highest BCUT2D eigenvalue weighted by Gasteiger charge is 2.44. The summed E-state index contributed by atoms with van der Waals surface area (Å²) in [6.07, 6.45) is 4.24. The molecule has 2 nitrogen and oxygen atoms in total. The van der Waals surface area contributed by atoms with Gasteiger partial charge in [0.25, 0.3) is 0 Å². The van der Waals surface area contributed by atoms with Gasteiger partial charge in [-0.1, -0.05) is 36.4 Å². The van der Waals surface area contributed by atoms with Gasteiger partial charge in [0.2, 0.25) is 11.4 Å². The Morgan fingerprint density at radius 2 is 1.17 bits per heavy atom. The van der Waals surface area contributed by atoms with Crippen LogP contribution >= 0.6 is 0 Å². The molecule has 0 aliphatic rings. The van der Waals surface area contributed by atoms with E-state index in [4.69, 9.17) is 0 Å². The van der Waals surface area contributed by atoms with E-state index in [1.54, 1.807) is 0 Å². The molecule has 0 unspecified atom stereocenters. The van der Waals surface area contributed by atoms with Crippen LogP contribution in [0.3, 0.4) is 0 Å². The lowest BCUT2D eigenvalue weighted by Crippen LogP contribution is -2.49. The normalized spacial score (nSPS) is 11.5. The molecule has 3 rings (SSSR count). The summed E-state index contributed by atoms with van der Waals surface area (Å²) in [5.74, 6) is 0. The Hall–Kier alpha value is -2.48. The molecule has 2 heterocycles. The number of rotatable bonds is 3. The van der Waals surface area contributed by atoms with Crippen LogP contribution in [0.1, 0.15) is 29.4 Å². The van der Waals surface area contributed by atoms with E-state index in [9.17, 15) is 0 Å². The van der Waals surface area contributed by atoms with Crippen molar-refractivity contribution in [1.29, 1.82) is 0 Å². The Kier molecular flexibility index (Phi) is 3.99. The molecule has 116 valence electrons. The van der Waals surface area contributed by atoms with Crippen LogP contribution in [0.4, 0.5) is 0 Å². The van der Waals surface area contributed by atoms with Crippen LogP contribution in [0.5, 0.6) is 0 Å². The van der Waals surface area contributed by atoms with Crippen molar-refractivity contribution in [3.63, 3.8) is 0 Å². The third-order valence-corrected chi connectivity index (χ3v) is 4.82. The molecule has 0 atom stereocenters. The molecule has 0 radical (unpaired) electrons. The summed E-state index contributed by atoms with van der Waals surface area (Å²) >= 11 is 0. The molecule has 0 bridgehead atoms. The van der Waals surface area contributed by atoms with E-state index in [0.717, 1.165) is 0 Å². The number of pyridine rings is 2. The van der Waals surface area contributed by atoms with E-state index in [1.165, 1.54) is 22.5 Å². The lowest BCUT2D eigenvalue weighted by molar-refractivity contribution is -0.696. The standard InChI is InChI=1S/C21H24N2/c1-17-11-5-6-12-18(17)21(2,19-13-7-9-15-22(19)3)20-14-8-10-16-23(20)4/h5-16H,1-4H3/q+2. The summed E-state index contributed by atoms with van der Waals surface area (Å²) in [7, 11) is 4.24. The first-order valence-electron chi connectivity index (χ1n) is 8.01. The van der Waals surface area contributed by atoms with Gasteiger partial charge in [0.05, 0.1) is 0 Å². The topological polar surface area (TPSA) is 7.76 Å². The largest absolute Gasteiger partial charge is 0.204 e.